The van der Waals surface area contributed by atoms with E-state index < -0.39 is 0 Å². The van der Waals surface area contributed by atoms with Crippen molar-refractivity contribution in [2.45, 2.75) is 51.5 Å². The molecule has 0 heterocycles. The van der Waals surface area contributed by atoms with Crippen molar-refractivity contribution in [3.05, 3.63) is 0 Å². The van der Waals surface area contributed by atoms with E-state index in [1.807, 2.05) is 11.9 Å². The Hall–Kier alpha value is -0.570. The summed E-state index contributed by atoms with van der Waals surface area (Å²) in [5.74, 6) is 4.99. The van der Waals surface area contributed by atoms with Crippen LogP contribution >= 0.6 is 0 Å². The highest BCUT2D eigenvalue weighted by atomic mass is 16.2. The quantitative estimate of drug-likeness (QED) is 0.846. The first kappa shape index (κ1) is 13.4. The molecule has 1 atom stereocenters. The maximum absolute atomic E-state index is 11.8. The van der Waals surface area contributed by atoms with Crippen LogP contribution in [-0.4, -0.2) is 30.4 Å². The second kappa shape index (κ2) is 5.08. The zero-order valence-corrected chi connectivity index (χ0v) is 12.3. The van der Waals surface area contributed by atoms with E-state index >= 15 is 0 Å². The van der Waals surface area contributed by atoms with Gasteiger partial charge in [0, 0.05) is 13.6 Å². The van der Waals surface area contributed by atoms with Crippen LogP contribution in [0, 0.1) is 29.6 Å². The third-order valence-corrected chi connectivity index (χ3v) is 5.99. The maximum atomic E-state index is 11.8. The van der Waals surface area contributed by atoms with E-state index in [0.717, 1.165) is 36.1 Å². The Bertz CT molecular complexity index is 325. The minimum Gasteiger partial charge on any atom is -0.344 e. The number of nitrogens with two attached hydrogens (primary N) is 1. The molecule has 1 unspecified atom stereocenters. The van der Waals surface area contributed by atoms with Gasteiger partial charge in [-0.1, -0.05) is 0 Å². The van der Waals surface area contributed by atoms with Gasteiger partial charge in [0.05, 0.1) is 6.04 Å². The normalized spacial score (nSPS) is 41.3. The van der Waals surface area contributed by atoms with Gasteiger partial charge in [-0.2, -0.15) is 0 Å². The van der Waals surface area contributed by atoms with Gasteiger partial charge in [0.1, 0.15) is 0 Å². The van der Waals surface area contributed by atoms with Crippen LogP contribution in [0.4, 0.5) is 0 Å². The third kappa shape index (κ3) is 2.54. The number of carbonyl (C=O) groups is 1. The molecule has 2 N–H and O–H groups in total. The molecule has 4 aliphatic carbocycles. The highest BCUT2D eigenvalue weighted by molar-refractivity contribution is 5.80. The van der Waals surface area contributed by atoms with E-state index in [2.05, 4.69) is 0 Å². The lowest BCUT2D eigenvalue weighted by Crippen LogP contribution is -2.47. The Morgan fingerprint density at radius 2 is 1.68 bits per heavy atom. The van der Waals surface area contributed by atoms with Crippen molar-refractivity contribution in [1.82, 2.24) is 4.90 Å². The van der Waals surface area contributed by atoms with Crippen molar-refractivity contribution in [2.24, 2.45) is 35.3 Å². The summed E-state index contributed by atoms with van der Waals surface area (Å²) in [5, 5.41) is 0. The molecule has 0 radical (unpaired) electrons. The van der Waals surface area contributed by atoms with Crippen LogP contribution in [0.1, 0.15) is 45.4 Å². The van der Waals surface area contributed by atoms with Crippen molar-refractivity contribution in [3.63, 3.8) is 0 Å². The second-order valence-corrected chi connectivity index (χ2v) is 7.43. The van der Waals surface area contributed by atoms with Crippen LogP contribution in [0.3, 0.4) is 0 Å². The Morgan fingerprint density at radius 1 is 1.16 bits per heavy atom. The number of hydrogen-bond donors (Lipinski definition) is 1. The van der Waals surface area contributed by atoms with E-state index in [4.69, 9.17) is 5.73 Å². The van der Waals surface area contributed by atoms with Gasteiger partial charge in [0.15, 0.2) is 0 Å². The van der Waals surface area contributed by atoms with Crippen molar-refractivity contribution >= 4 is 5.91 Å². The molecule has 0 aromatic heterocycles. The number of rotatable bonds is 4. The van der Waals surface area contributed by atoms with E-state index in [-0.39, 0.29) is 11.9 Å². The number of hydrogen-bond acceptors (Lipinski definition) is 2. The SMILES string of the molecule is CC(N)C(=O)N(C)CCC1C2CC3CC(C2)CC1C3. The van der Waals surface area contributed by atoms with Crippen LogP contribution in [0.25, 0.3) is 0 Å². The number of likely N-dealkylation sites (N-methyl/N-ethyl adjacent to an activating group) is 1. The summed E-state index contributed by atoms with van der Waals surface area (Å²) >= 11 is 0. The van der Waals surface area contributed by atoms with E-state index in [1.165, 1.54) is 38.5 Å². The fraction of sp³-hybridized carbons (Fsp3) is 0.938. The van der Waals surface area contributed by atoms with E-state index in [9.17, 15) is 4.79 Å². The summed E-state index contributed by atoms with van der Waals surface area (Å²) in [6.45, 7) is 2.68. The summed E-state index contributed by atoms with van der Waals surface area (Å²) in [6.07, 6.45) is 8.61. The smallest absolute Gasteiger partial charge is 0.238 e. The number of carbonyl (C=O) groups excluding carboxylic acids is 1. The summed E-state index contributed by atoms with van der Waals surface area (Å²) in [6, 6.07) is -0.358. The molecule has 4 rings (SSSR count). The zero-order chi connectivity index (χ0) is 13.6. The molecule has 4 saturated carbocycles. The molecule has 3 nitrogen and oxygen atoms in total. The van der Waals surface area contributed by atoms with Gasteiger partial charge < -0.3 is 10.6 Å². The van der Waals surface area contributed by atoms with E-state index in [1.54, 1.807) is 6.92 Å². The van der Waals surface area contributed by atoms with Crippen LogP contribution in [0.2, 0.25) is 0 Å². The van der Waals surface area contributed by atoms with Crippen LogP contribution in [-0.2, 0) is 4.79 Å². The summed E-state index contributed by atoms with van der Waals surface area (Å²) in [7, 11) is 1.90. The topological polar surface area (TPSA) is 46.3 Å². The second-order valence-electron chi connectivity index (χ2n) is 7.43. The Kier molecular flexibility index (Phi) is 3.59. The molecule has 0 spiro atoms. The molecule has 0 aromatic carbocycles. The van der Waals surface area contributed by atoms with Crippen molar-refractivity contribution in [1.29, 1.82) is 0 Å². The van der Waals surface area contributed by atoms with Crippen molar-refractivity contribution in [3.8, 4) is 0 Å². The lowest BCUT2D eigenvalue weighted by Gasteiger charge is -2.54. The minimum atomic E-state index is -0.358. The molecule has 1 amide bonds. The molecular weight excluding hydrogens is 236 g/mol. The molecule has 0 aromatic rings. The zero-order valence-electron chi connectivity index (χ0n) is 12.3. The summed E-state index contributed by atoms with van der Waals surface area (Å²) < 4.78 is 0. The fourth-order valence-corrected chi connectivity index (χ4v) is 5.31. The highest BCUT2D eigenvalue weighted by Crippen LogP contribution is 2.57. The first-order valence-corrected chi connectivity index (χ1v) is 8.05. The van der Waals surface area contributed by atoms with Gasteiger partial charge >= 0.3 is 0 Å². The van der Waals surface area contributed by atoms with Gasteiger partial charge in [-0.05, 0) is 75.0 Å². The number of amides is 1. The van der Waals surface area contributed by atoms with Gasteiger partial charge in [-0.3, -0.25) is 4.79 Å². The monoisotopic (exact) mass is 264 g/mol. The molecule has 0 aliphatic heterocycles. The Labute approximate surface area is 116 Å². The molecular formula is C16H28N2O. The van der Waals surface area contributed by atoms with E-state index in [0.29, 0.717) is 0 Å². The predicted molar refractivity (Wildman–Crippen MR) is 76.4 cm³/mol. The highest BCUT2D eigenvalue weighted by Gasteiger charge is 2.47. The lowest BCUT2D eigenvalue weighted by molar-refractivity contribution is -0.131. The van der Waals surface area contributed by atoms with Gasteiger partial charge in [0.25, 0.3) is 0 Å². The van der Waals surface area contributed by atoms with Gasteiger partial charge in [-0.15, -0.1) is 0 Å². The first-order valence-electron chi connectivity index (χ1n) is 8.05. The third-order valence-electron chi connectivity index (χ3n) is 5.99. The van der Waals surface area contributed by atoms with Crippen LogP contribution in [0.15, 0.2) is 0 Å². The Morgan fingerprint density at radius 3 is 2.16 bits per heavy atom. The van der Waals surface area contributed by atoms with Gasteiger partial charge in [-0.25, -0.2) is 0 Å². The fourth-order valence-electron chi connectivity index (χ4n) is 5.31. The first-order chi connectivity index (χ1) is 9.04. The number of nitrogens with zero attached hydrogens (tertiary/aromatic N) is 1. The summed E-state index contributed by atoms with van der Waals surface area (Å²) in [5.41, 5.74) is 5.67. The average molecular weight is 264 g/mol. The standard InChI is InChI=1S/C16H28N2O/c1-10(17)16(19)18(2)4-3-15-13-6-11-5-12(8-13)9-14(15)7-11/h10-15H,3-9,17H2,1-2H3. The van der Waals surface area contributed by atoms with Crippen LogP contribution < -0.4 is 5.73 Å². The van der Waals surface area contributed by atoms with Crippen molar-refractivity contribution < 1.29 is 4.79 Å². The summed E-state index contributed by atoms with van der Waals surface area (Å²) in [4.78, 5) is 13.7. The molecule has 19 heavy (non-hydrogen) atoms. The molecule has 0 saturated heterocycles. The Balaban J connectivity index is 1.55. The average Bonchev–Trinajstić information content (AvgIpc) is 2.35. The molecule has 4 aliphatic rings. The predicted octanol–water partition coefficient (Wildman–Crippen LogP) is 2.25. The molecule has 4 fully saturated rings. The molecule has 108 valence electrons. The molecule has 3 heteroatoms. The lowest BCUT2D eigenvalue weighted by atomic mass is 9.51. The van der Waals surface area contributed by atoms with Gasteiger partial charge in [0.2, 0.25) is 5.91 Å². The largest absolute Gasteiger partial charge is 0.344 e. The minimum absolute atomic E-state index is 0.0869. The molecule has 4 bridgehead atoms. The van der Waals surface area contributed by atoms with Crippen LogP contribution in [0.5, 0.6) is 0 Å². The van der Waals surface area contributed by atoms with Crippen molar-refractivity contribution in [2.75, 3.05) is 13.6 Å². The maximum Gasteiger partial charge on any atom is 0.238 e.